The van der Waals surface area contributed by atoms with Crippen LogP contribution in [0.2, 0.25) is 0 Å². The molecular weight excluding hydrogens is 448 g/mol. The van der Waals surface area contributed by atoms with E-state index in [1.165, 1.54) is 0 Å². The Hall–Kier alpha value is -4.18. The monoisotopic (exact) mass is 478 g/mol. The lowest BCUT2D eigenvalue weighted by molar-refractivity contribution is 0.144. The molecule has 4 nitrogen and oxygen atoms in total. The molecule has 0 aliphatic rings. The number of fused-ring (bicyclic) bond motifs is 2. The van der Waals surface area contributed by atoms with Crippen LogP contribution in [0.5, 0.6) is 23.0 Å². The van der Waals surface area contributed by atoms with Gasteiger partial charge in [0.15, 0.2) is 0 Å². The highest BCUT2D eigenvalue weighted by molar-refractivity contribution is 6.11. The van der Waals surface area contributed by atoms with Gasteiger partial charge in [0.25, 0.3) is 0 Å². The summed E-state index contributed by atoms with van der Waals surface area (Å²) in [6.45, 7) is 4.94. The van der Waals surface area contributed by atoms with Gasteiger partial charge in [0.05, 0.1) is 0 Å². The van der Waals surface area contributed by atoms with Crippen LogP contribution in [0.1, 0.15) is 13.8 Å². The van der Waals surface area contributed by atoms with Crippen LogP contribution in [0, 0.1) is 0 Å². The lowest BCUT2D eigenvalue weighted by Crippen LogP contribution is -2.22. The summed E-state index contributed by atoms with van der Waals surface area (Å²) in [4.78, 5) is 0. The van der Waals surface area contributed by atoms with Crippen LogP contribution in [-0.2, 0) is 0 Å². The first-order valence-electron chi connectivity index (χ1n) is 12.3. The second-order valence-electron chi connectivity index (χ2n) is 8.85. The summed E-state index contributed by atoms with van der Waals surface area (Å²) in [5, 5.41) is 4.03. The third-order valence-electron chi connectivity index (χ3n) is 5.93. The zero-order valence-corrected chi connectivity index (χ0v) is 20.6. The lowest BCUT2D eigenvalue weighted by atomic mass is 10.0. The van der Waals surface area contributed by atoms with Crippen molar-refractivity contribution in [2.24, 2.45) is 0 Å². The van der Waals surface area contributed by atoms with E-state index in [1.807, 2.05) is 98.8 Å². The molecule has 5 aromatic carbocycles. The molecule has 0 aliphatic heterocycles. The van der Waals surface area contributed by atoms with E-state index >= 15 is 0 Å². The summed E-state index contributed by atoms with van der Waals surface area (Å²) >= 11 is 0. The van der Waals surface area contributed by atoms with Crippen LogP contribution in [0.25, 0.3) is 21.5 Å². The minimum absolute atomic E-state index is 0.151. The molecule has 0 radical (unpaired) electrons. The molecular formula is C32H30O4. The Morgan fingerprint density at radius 1 is 0.444 bits per heavy atom. The topological polar surface area (TPSA) is 36.9 Å². The quantitative estimate of drug-likeness (QED) is 0.193. The maximum absolute atomic E-state index is 6.52. The first kappa shape index (κ1) is 23.6. The highest BCUT2D eigenvalue weighted by Crippen LogP contribution is 2.43. The fourth-order valence-electron chi connectivity index (χ4n) is 4.23. The second kappa shape index (κ2) is 11.0. The SMILES string of the molecule is CC(COc1ccccc1)Oc1c2ccccc2c(OC(C)COc2ccccc2)c2ccccc12. The Morgan fingerprint density at radius 3 is 1.08 bits per heavy atom. The largest absolute Gasteiger partial charge is 0.490 e. The number of rotatable bonds is 10. The summed E-state index contributed by atoms with van der Waals surface area (Å²) in [5.74, 6) is 3.34. The normalized spacial score (nSPS) is 12.7. The van der Waals surface area contributed by atoms with E-state index < -0.39 is 0 Å². The summed E-state index contributed by atoms with van der Waals surface area (Å²) in [6, 6.07) is 36.1. The molecule has 0 bridgehead atoms. The molecule has 2 atom stereocenters. The Morgan fingerprint density at radius 2 is 0.750 bits per heavy atom. The van der Waals surface area contributed by atoms with Crippen LogP contribution in [0.4, 0.5) is 0 Å². The van der Waals surface area contributed by atoms with Crippen molar-refractivity contribution in [2.45, 2.75) is 26.1 Å². The van der Waals surface area contributed by atoms with Gasteiger partial charge in [-0.05, 0) is 38.1 Å². The molecule has 36 heavy (non-hydrogen) atoms. The standard InChI is InChI=1S/C32H30O4/c1-23(21-33-25-13-5-3-6-14-25)35-31-27-17-9-11-19-29(27)32(30-20-12-10-18-28(30)31)36-24(2)22-34-26-15-7-4-8-16-26/h3-20,23-24H,21-22H2,1-2H3. The first-order valence-corrected chi connectivity index (χ1v) is 12.3. The van der Waals surface area contributed by atoms with E-state index in [2.05, 4.69) is 24.3 Å². The molecule has 0 amide bonds. The number of hydrogen-bond donors (Lipinski definition) is 0. The number of hydrogen-bond acceptors (Lipinski definition) is 4. The molecule has 0 aliphatic carbocycles. The molecule has 0 aromatic heterocycles. The summed E-state index contributed by atoms with van der Waals surface area (Å²) < 4.78 is 24.9. The smallest absolute Gasteiger partial charge is 0.135 e. The van der Waals surface area contributed by atoms with E-state index in [1.54, 1.807) is 0 Å². The van der Waals surface area contributed by atoms with Gasteiger partial charge in [0.1, 0.15) is 48.4 Å². The predicted molar refractivity (Wildman–Crippen MR) is 146 cm³/mol. The van der Waals surface area contributed by atoms with Gasteiger partial charge in [0.2, 0.25) is 0 Å². The van der Waals surface area contributed by atoms with Crippen LogP contribution < -0.4 is 18.9 Å². The van der Waals surface area contributed by atoms with Crippen molar-refractivity contribution in [1.29, 1.82) is 0 Å². The van der Waals surface area contributed by atoms with Crippen molar-refractivity contribution in [3.05, 3.63) is 109 Å². The average Bonchev–Trinajstić information content (AvgIpc) is 2.93. The molecule has 4 heteroatoms. The zero-order valence-electron chi connectivity index (χ0n) is 20.6. The van der Waals surface area contributed by atoms with Crippen LogP contribution in [0.15, 0.2) is 109 Å². The van der Waals surface area contributed by atoms with Gasteiger partial charge in [-0.1, -0.05) is 84.9 Å². The van der Waals surface area contributed by atoms with Crippen LogP contribution in [0.3, 0.4) is 0 Å². The molecule has 0 saturated carbocycles. The van der Waals surface area contributed by atoms with E-state index in [9.17, 15) is 0 Å². The Labute approximate surface area is 212 Å². The number of para-hydroxylation sites is 2. The average molecular weight is 479 g/mol. The highest BCUT2D eigenvalue weighted by atomic mass is 16.5. The highest BCUT2D eigenvalue weighted by Gasteiger charge is 2.19. The van der Waals surface area contributed by atoms with E-state index in [-0.39, 0.29) is 12.2 Å². The molecule has 182 valence electrons. The fraction of sp³-hybridized carbons (Fsp3) is 0.188. The van der Waals surface area contributed by atoms with Crippen LogP contribution in [-0.4, -0.2) is 25.4 Å². The van der Waals surface area contributed by atoms with E-state index in [4.69, 9.17) is 18.9 Å². The van der Waals surface area contributed by atoms with Crippen molar-refractivity contribution in [1.82, 2.24) is 0 Å². The number of ether oxygens (including phenoxy) is 4. The van der Waals surface area contributed by atoms with E-state index in [0.717, 1.165) is 44.5 Å². The summed E-state index contributed by atoms with van der Waals surface area (Å²) in [7, 11) is 0. The van der Waals surface area contributed by atoms with Gasteiger partial charge < -0.3 is 18.9 Å². The fourth-order valence-corrected chi connectivity index (χ4v) is 4.23. The van der Waals surface area contributed by atoms with Gasteiger partial charge in [0, 0.05) is 21.5 Å². The van der Waals surface area contributed by atoms with Gasteiger partial charge in [-0.3, -0.25) is 0 Å². The Bertz CT molecular complexity index is 1250. The maximum Gasteiger partial charge on any atom is 0.135 e. The van der Waals surface area contributed by atoms with Gasteiger partial charge in [-0.2, -0.15) is 0 Å². The number of benzene rings is 5. The molecule has 0 N–H and O–H groups in total. The van der Waals surface area contributed by atoms with Crippen molar-refractivity contribution in [3.8, 4) is 23.0 Å². The molecule has 2 unspecified atom stereocenters. The third kappa shape index (κ3) is 5.38. The Kier molecular flexibility index (Phi) is 7.23. The molecule has 0 saturated heterocycles. The van der Waals surface area contributed by atoms with Gasteiger partial charge in [-0.25, -0.2) is 0 Å². The molecule has 0 spiro atoms. The first-order chi connectivity index (χ1) is 17.7. The van der Waals surface area contributed by atoms with Crippen molar-refractivity contribution in [2.75, 3.05) is 13.2 Å². The maximum atomic E-state index is 6.52. The molecule has 5 rings (SSSR count). The van der Waals surface area contributed by atoms with Crippen molar-refractivity contribution >= 4 is 21.5 Å². The minimum Gasteiger partial charge on any atom is -0.490 e. The van der Waals surface area contributed by atoms with Gasteiger partial charge in [-0.15, -0.1) is 0 Å². The van der Waals surface area contributed by atoms with Crippen molar-refractivity contribution < 1.29 is 18.9 Å². The third-order valence-corrected chi connectivity index (χ3v) is 5.93. The lowest BCUT2D eigenvalue weighted by Gasteiger charge is -2.23. The molecule has 5 aromatic rings. The predicted octanol–water partition coefficient (Wildman–Crippen LogP) is 7.69. The van der Waals surface area contributed by atoms with Crippen molar-refractivity contribution in [3.63, 3.8) is 0 Å². The zero-order chi connectivity index (χ0) is 24.7. The summed E-state index contributed by atoms with van der Waals surface area (Å²) in [5.41, 5.74) is 0. The molecule has 0 fully saturated rings. The van der Waals surface area contributed by atoms with E-state index in [0.29, 0.717) is 13.2 Å². The van der Waals surface area contributed by atoms with Gasteiger partial charge >= 0.3 is 0 Å². The Balaban J connectivity index is 1.43. The second-order valence-corrected chi connectivity index (χ2v) is 8.85. The molecule has 0 heterocycles. The minimum atomic E-state index is -0.151. The van der Waals surface area contributed by atoms with Crippen LogP contribution >= 0.6 is 0 Å². The summed E-state index contributed by atoms with van der Waals surface area (Å²) in [6.07, 6.45) is -0.302.